The van der Waals surface area contributed by atoms with E-state index in [1.165, 1.54) is 30.0 Å². The predicted octanol–water partition coefficient (Wildman–Crippen LogP) is 7.58. The highest BCUT2D eigenvalue weighted by molar-refractivity contribution is 7.98. The zero-order valence-corrected chi connectivity index (χ0v) is 21.5. The van der Waals surface area contributed by atoms with Gasteiger partial charge in [-0.05, 0) is 73.4 Å². The molecule has 0 saturated heterocycles. The number of aryl methyl sites for hydroxylation is 1. The normalized spacial score (nSPS) is 15.0. The number of methoxy groups -OCH3 is 2. The van der Waals surface area contributed by atoms with Crippen LogP contribution in [0, 0.1) is 11.6 Å². The van der Waals surface area contributed by atoms with Crippen molar-refractivity contribution < 1.29 is 18.3 Å². The summed E-state index contributed by atoms with van der Waals surface area (Å²) in [7, 11) is 3.24. The minimum atomic E-state index is -0.345. The molecule has 1 aliphatic rings. The number of aromatic nitrogens is 2. The maximum absolute atomic E-state index is 14.5. The van der Waals surface area contributed by atoms with Gasteiger partial charge in [-0.3, -0.25) is 4.57 Å². The van der Waals surface area contributed by atoms with E-state index in [0.29, 0.717) is 27.8 Å². The molecule has 1 atom stereocenters. The van der Waals surface area contributed by atoms with E-state index in [4.69, 9.17) is 26.1 Å². The van der Waals surface area contributed by atoms with Gasteiger partial charge in [0.2, 0.25) is 0 Å². The van der Waals surface area contributed by atoms with Gasteiger partial charge in [0.25, 0.3) is 0 Å². The number of rotatable bonds is 7. The van der Waals surface area contributed by atoms with Crippen LogP contribution in [-0.4, -0.2) is 23.8 Å². The van der Waals surface area contributed by atoms with Gasteiger partial charge in [-0.1, -0.05) is 35.5 Å². The minimum absolute atomic E-state index is 0.0532. The molecule has 0 aliphatic heterocycles. The molecule has 0 radical (unpaired) electrons. The van der Waals surface area contributed by atoms with Crippen LogP contribution in [0.2, 0.25) is 5.02 Å². The molecule has 1 aromatic heterocycles. The van der Waals surface area contributed by atoms with Crippen LogP contribution in [0.15, 0.2) is 65.8 Å². The number of fused-ring (bicyclic) bond motifs is 1. The Labute approximate surface area is 218 Å². The molecule has 0 N–H and O–H groups in total. The van der Waals surface area contributed by atoms with E-state index >= 15 is 0 Å². The standard InChI is InChI=1S/C28H25ClF2N2O2S/c1-34-25-14-9-17(15-26(25)35-2)20-5-3-8-24-27(20)33(19-12-10-18(30)11-13-19)28(32-24)36-16-21-22(29)6-4-7-23(21)31/h4,6-7,9-15,20H,3,5,8,16H2,1-2H3/t20-/m1/s1. The van der Waals surface area contributed by atoms with Crippen LogP contribution in [0.25, 0.3) is 5.69 Å². The molecule has 4 nitrogen and oxygen atoms in total. The highest BCUT2D eigenvalue weighted by Crippen LogP contribution is 2.43. The molecule has 0 amide bonds. The monoisotopic (exact) mass is 526 g/mol. The number of hydrogen-bond donors (Lipinski definition) is 0. The van der Waals surface area contributed by atoms with Crippen molar-refractivity contribution in [3.8, 4) is 17.2 Å². The smallest absolute Gasteiger partial charge is 0.173 e. The molecule has 0 fully saturated rings. The van der Waals surface area contributed by atoms with Crippen LogP contribution in [0.1, 0.15) is 41.3 Å². The van der Waals surface area contributed by atoms with Gasteiger partial charge in [0.15, 0.2) is 16.7 Å². The molecule has 3 aromatic carbocycles. The number of thioether (sulfide) groups is 1. The second-order valence-corrected chi connectivity index (χ2v) is 9.94. The molecule has 1 heterocycles. The summed E-state index contributed by atoms with van der Waals surface area (Å²) in [5, 5.41) is 1.11. The zero-order chi connectivity index (χ0) is 25.2. The number of imidazole rings is 1. The Hall–Kier alpha value is -3.03. The van der Waals surface area contributed by atoms with Gasteiger partial charge >= 0.3 is 0 Å². The Balaban J connectivity index is 1.61. The fourth-order valence-corrected chi connectivity index (χ4v) is 6.13. The molecule has 186 valence electrons. The average molecular weight is 527 g/mol. The van der Waals surface area contributed by atoms with Gasteiger partial charge in [0, 0.05) is 27.9 Å². The van der Waals surface area contributed by atoms with E-state index < -0.39 is 0 Å². The van der Waals surface area contributed by atoms with Gasteiger partial charge in [-0.15, -0.1) is 0 Å². The average Bonchev–Trinajstić information content (AvgIpc) is 3.27. The summed E-state index contributed by atoms with van der Waals surface area (Å²) in [6, 6.07) is 17.0. The summed E-state index contributed by atoms with van der Waals surface area (Å²) in [6.45, 7) is 0. The summed E-state index contributed by atoms with van der Waals surface area (Å²) < 4.78 is 41.3. The molecule has 8 heteroatoms. The Morgan fingerprint density at radius 2 is 1.81 bits per heavy atom. The number of hydrogen-bond acceptors (Lipinski definition) is 4. The number of halogens is 3. The number of benzene rings is 3. The predicted molar refractivity (Wildman–Crippen MR) is 139 cm³/mol. The first-order valence-corrected chi connectivity index (χ1v) is 13.0. The zero-order valence-electron chi connectivity index (χ0n) is 19.9. The third kappa shape index (κ3) is 4.70. The van der Waals surface area contributed by atoms with Gasteiger partial charge in [0.05, 0.1) is 25.6 Å². The summed E-state index contributed by atoms with van der Waals surface area (Å²) in [5.74, 6) is 1.06. The quantitative estimate of drug-likeness (QED) is 0.232. The SMILES string of the molecule is COc1ccc([C@H]2CCCc3nc(SCc4c(F)cccc4Cl)n(-c4ccc(F)cc4)c32)cc1OC. The lowest BCUT2D eigenvalue weighted by atomic mass is 9.84. The van der Waals surface area contributed by atoms with E-state index in [0.717, 1.165) is 47.1 Å². The van der Waals surface area contributed by atoms with Crippen molar-refractivity contribution in [1.29, 1.82) is 0 Å². The second kappa shape index (κ2) is 10.5. The molecule has 36 heavy (non-hydrogen) atoms. The first-order chi connectivity index (χ1) is 17.5. The minimum Gasteiger partial charge on any atom is -0.493 e. The van der Waals surface area contributed by atoms with E-state index in [9.17, 15) is 8.78 Å². The van der Waals surface area contributed by atoms with E-state index in [1.807, 2.05) is 12.1 Å². The van der Waals surface area contributed by atoms with E-state index in [1.54, 1.807) is 38.5 Å². The lowest BCUT2D eigenvalue weighted by molar-refractivity contribution is 0.354. The van der Waals surface area contributed by atoms with Crippen molar-refractivity contribution in [2.75, 3.05) is 14.2 Å². The summed E-state index contributed by atoms with van der Waals surface area (Å²) in [5.41, 5.74) is 4.38. The van der Waals surface area contributed by atoms with Gasteiger partial charge in [-0.25, -0.2) is 13.8 Å². The van der Waals surface area contributed by atoms with Gasteiger partial charge in [0.1, 0.15) is 11.6 Å². The Kier molecular flexibility index (Phi) is 7.21. The summed E-state index contributed by atoms with van der Waals surface area (Å²) in [6.07, 6.45) is 2.75. The first kappa shape index (κ1) is 24.7. The Bertz CT molecular complexity index is 1370. The Morgan fingerprint density at radius 3 is 2.53 bits per heavy atom. The van der Waals surface area contributed by atoms with Crippen LogP contribution in [0.5, 0.6) is 11.5 Å². The molecule has 4 aromatic rings. The molecule has 1 aliphatic carbocycles. The molecule has 0 spiro atoms. The molecule has 0 saturated carbocycles. The van der Waals surface area contributed by atoms with Crippen LogP contribution in [0.3, 0.4) is 0 Å². The second-order valence-electron chi connectivity index (χ2n) is 8.59. The maximum Gasteiger partial charge on any atom is 0.173 e. The van der Waals surface area contributed by atoms with E-state index in [2.05, 4.69) is 10.6 Å². The van der Waals surface area contributed by atoms with Crippen LogP contribution in [-0.2, 0) is 12.2 Å². The summed E-state index contributed by atoms with van der Waals surface area (Å²) >= 11 is 7.70. The topological polar surface area (TPSA) is 36.3 Å². The third-order valence-electron chi connectivity index (χ3n) is 6.50. The number of ether oxygens (including phenoxy) is 2. The molecular formula is C28H25ClF2N2O2S. The highest BCUT2D eigenvalue weighted by Gasteiger charge is 2.31. The molecule has 0 unspecified atom stereocenters. The van der Waals surface area contributed by atoms with Gasteiger partial charge in [-0.2, -0.15) is 0 Å². The summed E-state index contributed by atoms with van der Waals surface area (Å²) in [4.78, 5) is 4.99. The largest absolute Gasteiger partial charge is 0.493 e. The molecule has 0 bridgehead atoms. The van der Waals surface area contributed by atoms with Crippen LogP contribution in [0.4, 0.5) is 8.78 Å². The fourth-order valence-electron chi connectivity index (χ4n) is 4.74. The van der Waals surface area contributed by atoms with Crippen molar-refractivity contribution >= 4 is 23.4 Å². The van der Waals surface area contributed by atoms with Crippen molar-refractivity contribution in [1.82, 2.24) is 9.55 Å². The van der Waals surface area contributed by atoms with Crippen LogP contribution < -0.4 is 9.47 Å². The highest BCUT2D eigenvalue weighted by atomic mass is 35.5. The maximum atomic E-state index is 14.5. The molecule has 5 rings (SSSR count). The Morgan fingerprint density at radius 1 is 1.03 bits per heavy atom. The van der Waals surface area contributed by atoms with Crippen molar-refractivity contribution in [2.45, 2.75) is 36.1 Å². The van der Waals surface area contributed by atoms with Gasteiger partial charge < -0.3 is 9.47 Å². The third-order valence-corrected chi connectivity index (χ3v) is 7.82. The van der Waals surface area contributed by atoms with E-state index in [-0.39, 0.29) is 17.6 Å². The van der Waals surface area contributed by atoms with Crippen molar-refractivity contribution in [3.05, 3.63) is 99.8 Å². The molecular weight excluding hydrogens is 502 g/mol. The lowest BCUT2D eigenvalue weighted by Gasteiger charge is -2.26. The lowest BCUT2D eigenvalue weighted by Crippen LogP contribution is -2.15. The first-order valence-electron chi connectivity index (χ1n) is 11.6. The van der Waals surface area contributed by atoms with Crippen LogP contribution >= 0.6 is 23.4 Å². The van der Waals surface area contributed by atoms with Crippen molar-refractivity contribution in [2.24, 2.45) is 0 Å². The fraction of sp³-hybridized carbons (Fsp3) is 0.250. The number of nitrogens with zero attached hydrogens (tertiary/aromatic N) is 2. The van der Waals surface area contributed by atoms with Crippen molar-refractivity contribution in [3.63, 3.8) is 0 Å².